The Morgan fingerprint density at radius 1 is 1.33 bits per heavy atom. The Hall–Kier alpha value is -0.980. The Kier molecular flexibility index (Phi) is 4.47. The number of halogens is 2. The van der Waals surface area contributed by atoms with E-state index in [0.29, 0.717) is 0 Å². The molecule has 8 heteroatoms. The summed E-state index contributed by atoms with van der Waals surface area (Å²) < 4.78 is 27.8. The van der Waals surface area contributed by atoms with Gasteiger partial charge in [-0.3, -0.25) is 4.79 Å². The molecule has 0 aliphatic carbocycles. The summed E-state index contributed by atoms with van der Waals surface area (Å²) in [4.78, 5) is 12.9. The zero-order valence-electron chi connectivity index (χ0n) is 9.90. The van der Waals surface area contributed by atoms with Crippen molar-refractivity contribution in [1.29, 1.82) is 0 Å². The number of amides is 1. The van der Waals surface area contributed by atoms with Crippen LogP contribution in [0.5, 0.6) is 5.75 Å². The molecule has 0 saturated carbocycles. The van der Waals surface area contributed by atoms with E-state index in [1.54, 1.807) is 0 Å². The van der Waals surface area contributed by atoms with Gasteiger partial charge in [-0.2, -0.15) is 0 Å². The van der Waals surface area contributed by atoms with Crippen LogP contribution >= 0.6 is 22.3 Å². The lowest BCUT2D eigenvalue weighted by atomic mass is 10.2. The summed E-state index contributed by atoms with van der Waals surface area (Å²) in [6.07, 6.45) is 0. The van der Waals surface area contributed by atoms with Crippen LogP contribution in [-0.4, -0.2) is 40.4 Å². The van der Waals surface area contributed by atoms with Gasteiger partial charge in [-0.25, -0.2) is 8.42 Å². The fraction of sp³-hybridized carbons (Fsp3) is 0.300. The molecule has 0 aliphatic heterocycles. The molecule has 0 aromatic heterocycles. The molecule has 1 amide bonds. The highest BCUT2D eigenvalue weighted by Crippen LogP contribution is 2.34. The number of hydrogen-bond donors (Lipinski definition) is 0. The molecule has 0 heterocycles. The van der Waals surface area contributed by atoms with Crippen LogP contribution in [0.15, 0.2) is 17.0 Å². The molecule has 0 aliphatic rings. The third kappa shape index (κ3) is 3.07. The van der Waals surface area contributed by atoms with Crippen LogP contribution in [0.3, 0.4) is 0 Å². The van der Waals surface area contributed by atoms with E-state index >= 15 is 0 Å². The minimum absolute atomic E-state index is 0.0363. The molecule has 1 rings (SSSR count). The van der Waals surface area contributed by atoms with Crippen molar-refractivity contribution in [2.24, 2.45) is 0 Å². The second kappa shape index (κ2) is 5.34. The number of ether oxygens (including phenoxy) is 1. The molecule has 0 spiro atoms. The van der Waals surface area contributed by atoms with Crippen LogP contribution in [0.4, 0.5) is 0 Å². The van der Waals surface area contributed by atoms with E-state index in [1.807, 2.05) is 0 Å². The Morgan fingerprint density at radius 2 is 1.89 bits per heavy atom. The van der Waals surface area contributed by atoms with Crippen molar-refractivity contribution in [2.45, 2.75) is 4.90 Å². The predicted octanol–water partition coefficient (Wildman–Crippen LogP) is 1.98. The zero-order chi connectivity index (χ0) is 14.1. The lowest BCUT2D eigenvalue weighted by molar-refractivity contribution is 0.0824. The summed E-state index contributed by atoms with van der Waals surface area (Å²) in [7, 11) is 5.52. The second-order valence-corrected chi connectivity index (χ2v) is 6.59. The van der Waals surface area contributed by atoms with Crippen molar-refractivity contribution < 1.29 is 17.9 Å². The predicted molar refractivity (Wildman–Crippen MR) is 69.1 cm³/mol. The van der Waals surface area contributed by atoms with Crippen LogP contribution in [0.1, 0.15) is 10.4 Å². The molecule has 0 radical (unpaired) electrons. The first-order valence-electron chi connectivity index (χ1n) is 4.72. The fourth-order valence-corrected chi connectivity index (χ4v) is 2.67. The van der Waals surface area contributed by atoms with Crippen molar-refractivity contribution >= 4 is 37.2 Å². The van der Waals surface area contributed by atoms with Crippen LogP contribution in [0.25, 0.3) is 0 Å². The minimum Gasteiger partial charge on any atom is -0.494 e. The molecule has 100 valence electrons. The zero-order valence-corrected chi connectivity index (χ0v) is 12.2. The van der Waals surface area contributed by atoms with E-state index in [1.165, 1.54) is 32.2 Å². The SMILES string of the molecule is COc1c(C(=O)N(C)C)cc(Cl)cc1S(=O)(=O)Cl. The van der Waals surface area contributed by atoms with Crippen LogP contribution < -0.4 is 4.74 Å². The third-order valence-electron chi connectivity index (χ3n) is 2.12. The van der Waals surface area contributed by atoms with Gasteiger partial charge in [-0.05, 0) is 12.1 Å². The molecule has 0 atom stereocenters. The van der Waals surface area contributed by atoms with Crippen LogP contribution in [0, 0.1) is 0 Å². The normalized spacial score (nSPS) is 11.2. The Balaban J connectivity index is 3.63. The number of hydrogen-bond acceptors (Lipinski definition) is 4. The minimum atomic E-state index is -4.06. The van der Waals surface area contributed by atoms with Crippen LogP contribution in [-0.2, 0) is 9.05 Å². The smallest absolute Gasteiger partial charge is 0.265 e. The van der Waals surface area contributed by atoms with E-state index in [4.69, 9.17) is 27.0 Å². The summed E-state index contributed by atoms with van der Waals surface area (Å²) in [6.45, 7) is 0. The van der Waals surface area contributed by atoms with Crippen molar-refractivity contribution in [3.8, 4) is 5.75 Å². The molecule has 1 aromatic carbocycles. The van der Waals surface area contributed by atoms with Gasteiger partial charge >= 0.3 is 0 Å². The van der Waals surface area contributed by atoms with E-state index in [2.05, 4.69) is 0 Å². The highest BCUT2D eigenvalue weighted by molar-refractivity contribution is 8.13. The molecule has 0 bridgehead atoms. The second-order valence-electron chi connectivity index (χ2n) is 3.62. The molecular weight excluding hydrogens is 301 g/mol. The summed E-state index contributed by atoms with van der Waals surface area (Å²) in [6, 6.07) is 2.46. The quantitative estimate of drug-likeness (QED) is 0.801. The van der Waals surface area contributed by atoms with Crippen molar-refractivity contribution in [2.75, 3.05) is 21.2 Å². The first-order chi connectivity index (χ1) is 8.18. The topological polar surface area (TPSA) is 63.7 Å². The summed E-state index contributed by atoms with van der Waals surface area (Å²) >= 11 is 5.78. The lowest BCUT2D eigenvalue weighted by Crippen LogP contribution is -2.22. The lowest BCUT2D eigenvalue weighted by Gasteiger charge is -2.15. The largest absolute Gasteiger partial charge is 0.494 e. The maximum absolute atomic E-state index is 11.9. The summed E-state index contributed by atoms with van der Waals surface area (Å²) in [5.74, 6) is -0.552. The number of methoxy groups -OCH3 is 1. The Labute approximate surface area is 115 Å². The Bertz CT molecular complexity index is 584. The molecule has 1 aromatic rings. The first kappa shape index (κ1) is 15.1. The molecule has 0 N–H and O–H groups in total. The van der Waals surface area contributed by atoms with Gasteiger partial charge in [0.15, 0.2) is 5.75 Å². The number of carbonyl (C=O) groups is 1. The maximum Gasteiger partial charge on any atom is 0.265 e. The van der Waals surface area contributed by atoms with Gasteiger partial charge in [0.2, 0.25) is 0 Å². The summed E-state index contributed by atoms with van der Waals surface area (Å²) in [5, 5.41) is 0.0835. The van der Waals surface area contributed by atoms with Crippen molar-refractivity contribution in [3.63, 3.8) is 0 Å². The van der Waals surface area contributed by atoms with Gasteiger partial charge in [-0.1, -0.05) is 11.6 Å². The number of nitrogens with zero attached hydrogens (tertiary/aromatic N) is 1. The van der Waals surface area contributed by atoms with Crippen molar-refractivity contribution in [3.05, 3.63) is 22.7 Å². The molecular formula is C10H11Cl2NO4S. The van der Waals surface area contributed by atoms with Gasteiger partial charge in [0.05, 0.1) is 12.7 Å². The van der Waals surface area contributed by atoms with E-state index in [-0.39, 0.29) is 21.2 Å². The number of rotatable bonds is 3. The molecule has 18 heavy (non-hydrogen) atoms. The van der Waals surface area contributed by atoms with E-state index in [9.17, 15) is 13.2 Å². The van der Waals surface area contributed by atoms with Gasteiger partial charge in [-0.15, -0.1) is 0 Å². The monoisotopic (exact) mass is 311 g/mol. The van der Waals surface area contributed by atoms with Crippen molar-refractivity contribution in [1.82, 2.24) is 4.90 Å². The highest BCUT2D eigenvalue weighted by atomic mass is 35.7. The number of carbonyl (C=O) groups excluding carboxylic acids is 1. The first-order valence-corrected chi connectivity index (χ1v) is 7.41. The maximum atomic E-state index is 11.9. The Morgan fingerprint density at radius 3 is 2.28 bits per heavy atom. The van der Waals surface area contributed by atoms with E-state index in [0.717, 1.165) is 6.07 Å². The van der Waals surface area contributed by atoms with Gasteiger partial charge in [0, 0.05) is 29.8 Å². The van der Waals surface area contributed by atoms with Gasteiger partial charge in [0.1, 0.15) is 4.90 Å². The highest BCUT2D eigenvalue weighted by Gasteiger charge is 2.25. The molecule has 5 nitrogen and oxygen atoms in total. The molecule has 0 fully saturated rings. The third-order valence-corrected chi connectivity index (χ3v) is 3.67. The van der Waals surface area contributed by atoms with Crippen LogP contribution in [0.2, 0.25) is 5.02 Å². The standard InChI is InChI=1S/C10H11Cl2NO4S/c1-13(2)10(14)7-4-6(11)5-8(9(7)17-3)18(12,15)16/h4-5H,1-3H3. The molecule has 0 unspecified atom stereocenters. The number of benzene rings is 1. The average molecular weight is 312 g/mol. The van der Waals surface area contributed by atoms with Gasteiger partial charge < -0.3 is 9.64 Å². The summed E-state index contributed by atoms with van der Waals surface area (Å²) in [5.41, 5.74) is 0.0363. The average Bonchev–Trinajstić information content (AvgIpc) is 2.25. The van der Waals surface area contributed by atoms with E-state index < -0.39 is 15.0 Å². The fourth-order valence-electron chi connectivity index (χ4n) is 1.36. The van der Waals surface area contributed by atoms with Gasteiger partial charge in [0.25, 0.3) is 15.0 Å². The molecule has 0 saturated heterocycles.